The Hall–Kier alpha value is -1.05. The summed E-state index contributed by atoms with van der Waals surface area (Å²) in [5.74, 6) is 0. The van der Waals surface area contributed by atoms with Crippen molar-refractivity contribution in [1.82, 2.24) is 0 Å². The lowest BCUT2D eigenvalue weighted by molar-refractivity contribution is 0.367. The van der Waals surface area contributed by atoms with E-state index >= 15 is 0 Å². The lowest BCUT2D eigenvalue weighted by atomic mass is 11.6. The van der Waals surface area contributed by atoms with Crippen LogP contribution >= 0.6 is 12.9 Å². The molecule has 0 bridgehead atoms. The van der Waals surface area contributed by atoms with Crippen molar-refractivity contribution in [3.8, 4) is 0 Å². The van der Waals surface area contributed by atoms with Crippen LogP contribution in [0.2, 0.25) is 0 Å². The van der Waals surface area contributed by atoms with Crippen molar-refractivity contribution in [2.45, 2.75) is 0 Å². The zero-order valence-electron chi connectivity index (χ0n) is 4.05. The van der Waals surface area contributed by atoms with Crippen LogP contribution in [0.5, 0.6) is 0 Å². The smallest absolute Gasteiger partial charge is 0.199 e. The molecule has 0 N–H and O–H groups in total. The quantitative estimate of drug-likeness (QED) is 0.214. The lowest BCUT2D eigenvalue weighted by Crippen LogP contribution is -1.52. The molecule has 0 spiro atoms. The van der Waals surface area contributed by atoms with E-state index in [1.165, 1.54) is 0 Å². The molecule has 0 rings (SSSR count). The van der Waals surface area contributed by atoms with Crippen LogP contribution in [-0.4, -0.2) is 6.47 Å². The van der Waals surface area contributed by atoms with E-state index in [9.17, 15) is 4.39 Å². The Morgan fingerprint density at radius 2 is 2.11 bits per heavy atom. The van der Waals surface area contributed by atoms with Crippen molar-refractivity contribution >= 4 is 19.4 Å². The second-order valence-corrected chi connectivity index (χ2v) is 0.808. The SMILES string of the molecule is F/C=N/N=N/N=N/OS. The normalized spacial score (nSPS) is 12.2. The van der Waals surface area contributed by atoms with E-state index in [1.54, 1.807) is 0 Å². The van der Waals surface area contributed by atoms with E-state index in [0.29, 0.717) is 0 Å². The summed E-state index contributed by atoms with van der Waals surface area (Å²) in [6.45, 7) is -0.0411. The van der Waals surface area contributed by atoms with Gasteiger partial charge >= 0.3 is 0 Å². The molecule has 50 valence electrons. The molecule has 0 aromatic rings. The second-order valence-electron chi connectivity index (χ2n) is 0.645. The topological polar surface area (TPSA) is 71.0 Å². The maximum atomic E-state index is 10.9. The summed E-state index contributed by atoms with van der Waals surface area (Å²) in [4.78, 5) is 0. The third-order valence-corrected chi connectivity index (χ3v) is 0.321. The minimum absolute atomic E-state index is 0.0411. The lowest BCUT2D eigenvalue weighted by Gasteiger charge is -1.71. The first-order chi connectivity index (χ1) is 4.41. The molecule has 0 aliphatic heterocycles. The van der Waals surface area contributed by atoms with Gasteiger partial charge in [0.05, 0.1) is 18.2 Å². The number of nitrogens with zero attached hydrogens (tertiary/aromatic N) is 5. The number of rotatable bonds is 3. The van der Waals surface area contributed by atoms with Crippen LogP contribution in [0.25, 0.3) is 0 Å². The van der Waals surface area contributed by atoms with Crippen molar-refractivity contribution in [1.29, 1.82) is 0 Å². The molecule has 0 saturated heterocycles. The fourth-order valence-corrected chi connectivity index (χ4v) is 0.126. The highest BCUT2D eigenvalue weighted by molar-refractivity contribution is 7.75. The predicted molar refractivity (Wildman–Crippen MR) is 29.4 cm³/mol. The monoisotopic (exact) mass is 151 g/mol. The number of halogens is 1. The molecule has 0 unspecified atom stereocenters. The van der Waals surface area contributed by atoms with Gasteiger partial charge in [-0.15, -0.1) is 5.10 Å². The average Bonchev–Trinajstić information content (AvgIpc) is 1.89. The van der Waals surface area contributed by atoms with Crippen LogP contribution in [0, 0.1) is 0 Å². The first-order valence-corrected chi connectivity index (χ1v) is 2.01. The molecular weight excluding hydrogens is 149 g/mol. The van der Waals surface area contributed by atoms with Gasteiger partial charge in [-0.05, 0) is 10.4 Å². The summed E-state index contributed by atoms with van der Waals surface area (Å²) in [5, 5.41) is 13.9. The maximum Gasteiger partial charge on any atom is 0.199 e. The molecule has 0 fully saturated rings. The van der Waals surface area contributed by atoms with Crippen molar-refractivity contribution in [3.63, 3.8) is 0 Å². The van der Waals surface area contributed by atoms with E-state index in [1.807, 2.05) is 0 Å². The highest BCUT2D eigenvalue weighted by Gasteiger charge is 1.64. The molecule has 0 saturated carbocycles. The van der Waals surface area contributed by atoms with Crippen LogP contribution in [0.1, 0.15) is 0 Å². The summed E-state index contributed by atoms with van der Waals surface area (Å²) < 4.78 is 14.7. The molecule has 0 amide bonds. The van der Waals surface area contributed by atoms with Crippen LogP contribution < -0.4 is 0 Å². The molecule has 0 aromatic carbocycles. The van der Waals surface area contributed by atoms with E-state index in [-0.39, 0.29) is 6.47 Å². The zero-order valence-corrected chi connectivity index (χ0v) is 4.94. The summed E-state index contributed by atoms with van der Waals surface area (Å²) >= 11 is 3.17. The van der Waals surface area contributed by atoms with Gasteiger partial charge in [-0.2, -0.15) is 4.39 Å². The minimum Gasteiger partial charge on any atom is -0.305 e. The number of thiol groups is 1. The molecule has 0 aliphatic rings. The second kappa shape index (κ2) is 6.95. The van der Waals surface area contributed by atoms with Gasteiger partial charge in [-0.3, -0.25) is 0 Å². The van der Waals surface area contributed by atoms with Crippen molar-refractivity contribution in [3.05, 3.63) is 0 Å². The highest BCUT2D eigenvalue weighted by Crippen LogP contribution is 1.84. The van der Waals surface area contributed by atoms with Crippen molar-refractivity contribution in [2.24, 2.45) is 26.0 Å². The predicted octanol–water partition coefficient (Wildman–Crippen LogP) is 1.49. The molecule has 0 aromatic heterocycles. The standard InChI is InChI=1S/CH2FN5OS/c2-1-3-4-5-6-7-8-9/h1,9H/b3-1+,5-4+,7-6+. The minimum atomic E-state index is -0.0411. The van der Waals surface area contributed by atoms with E-state index in [2.05, 4.69) is 43.2 Å². The van der Waals surface area contributed by atoms with Crippen molar-refractivity contribution < 1.29 is 8.67 Å². The summed E-state index contributed by atoms with van der Waals surface area (Å²) in [6, 6.07) is 0. The Morgan fingerprint density at radius 3 is 2.67 bits per heavy atom. The Balaban J connectivity index is 3.35. The molecular formula is CH2FN5OS. The molecule has 0 aliphatic carbocycles. The van der Waals surface area contributed by atoms with Gasteiger partial charge in [-0.25, -0.2) is 0 Å². The molecule has 0 heterocycles. The summed E-state index contributed by atoms with van der Waals surface area (Å²) in [5.41, 5.74) is 0. The Labute approximate surface area is 55.1 Å². The first-order valence-electron chi connectivity index (χ1n) is 1.64. The zero-order chi connectivity index (χ0) is 6.95. The van der Waals surface area contributed by atoms with Crippen LogP contribution in [0.4, 0.5) is 4.39 Å². The fourth-order valence-electron chi connectivity index (χ4n) is 0.0932. The van der Waals surface area contributed by atoms with Gasteiger partial charge in [0.15, 0.2) is 6.47 Å². The maximum absolute atomic E-state index is 10.9. The average molecular weight is 151 g/mol. The van der Waals surface area contributed by atoms with Crippen molar-refractivity contribution in [2.75, 3.05) is 0 Å². The molecule has 9 heavy (non-hydrogen) atoms. The Kier molecular flexibility index (Phi) is 6.14. The number of hydrogen-bond donors (Lipinski definition) is 1. The van der Waals surface area contributed by atoms with Gasteiger partial charge in [0.25, 0.3) is 0 Å². The molecule has 0 radical (unpaired) electrons. The Morgan fingerprint density at radius 1 is 1.33 bits per heavy atom. The number of hydrogen-bond acceptors (Lipinski definition) is 4. The summed E-state index contributed by atoms with van der Waals surface area (Å²) in [7, 11) is 0. The molecule has 0 atom stereocenters. The fraction of sp³-hybridized carbons (Fsp3) is 0. The summed E-state index contributed by atoms with van der Waals surface area (Å²) in [6.07, 6.45) is 0. The molecule has 8 heteroatoms. The van der Waals surface area contributed by atoms with Gasteiger partial charge in [0.2, 0.25) is 0 Å². The van der Waals surface area contributed by atoms with E-state index in [0.717, 1.165) is 0 Å². The third-order valence-electron chi connectivity index (χ3n) is 0.248. The largest absolute Gasteiger partial charge is 0.305 e. The third kappa shape index (κ3) is 6.95. The Bertz CT molecular complexity index is 133. The highest BCUT2D eigenvalue weighted by atomic mass is 32.1. The van der Waals surface area contributed by atoms with Gasteiger partial charge < -0.3 is 4.28 Å². The van der Waals surface area contributed by atoms with Crippen LogP contribution in [0.3, 0.4) is 0 Å². The van der Waals surface area contributed by atoms with Crippen LogP contribution in [-0.2, 0) is 4.28 Å². The van der Waals surface area contributed by atoms with Gasteiger partial charge in [0.1, 0.15) is 0 Å². The molecule has 6 nitrogen and oxygen atoms in total. The first kappa shape index (κ1) is 7.95. The van der Waals surface area contributed by atoms with E-state index in [4.69, 9.17) is 0 Å². The van der Waals surface area contributed by atoms with Gasteiger partial charge in [-0.1, -0.05) is 0 Å². The van der Waals surface area contributed by atoms with E-state index < -0.39 is 0 Å². The van der Waals surface area contributed by atoms with Crippen LogP contribution in [0.15, 0.2) is 26.0 Å². The van der Waals surface area contributed by atoms with Gasteiger partial charge in [0, 0.05) is 5.22 Å².